The van der Waals surface area contributed by atoms with E-state index in [2.05, 4.69) is 15.6 Å². The maximum Gasteiger partial charge on any atom is 0.262 e. The van der Waals surface area contributed by atoms with Crippen LogP contribution in [0.25, 0.3) is 10.2 Å². The van der Waals surface area contributed by atoms with E-state index in [4.69, 9.17) is 0 Å². The highest BCUT2D eigenvalue weighted by Crippen LogP contribution is 2.28. The van der Waals surface area contributed by atoms with Crippen LogP contribution in [0.5, 0.6) is 0 Å². The number of aromatic nitrogens is 2. The monoisotopic (exact) mass is 348 g/mol. The van der Waals surface area contributed by atoms with Gasteiger partial charge in [0.05, 0.1) is 16.4 Å². The number of carbonyl (C=O) groups is 1. The molecular formula is C16H20N4O3S. The number of aliphatic hydroxyl groups is 1. The van der Waals surface area contributed by atoms with E-state index < -0.39 is 6.10 Å². The van der Waals surface area contributed by atoms with Gasteiger partial charge in [-0.25, -0.2) is 4.98 Å². The third-order valence-electron chi connectivity index (χ3n) is 4.95. The van der Waals surface area contributed by atoms with Crippen molar-refractivity contribution in [3.63, 3.8) is 0 Å². The Morgan fingerprint density at radius 2 is 2.33 bits per heavy atom. The van der Waals surface area contributed by atoms with Gasteiger partial charge >= 0.3 is 0 Å². The SMILES string of the molecule is Cc1c(C(=O)NCC2CNCC2O)sc2nc3n(c(=O)c12)CCC3. The standard InChI is InChI=1S/C16H20N4O3S/c1-8-12-15(19-11-3-2-4-20(11)16(12)23)24-13(8)14(22)18-6-9-5-17-7-10(9)21/h9-10,17,21H,2-7H2,1H3,(H,18,22). The number of nitrogens with zero attached hydrogens (tertiary/aromatic N) is 2. The minimum atomic E-state index is -0.428. The number of aryl methyl sites for hydroxylation is 2. The average Bonchev–Trinajstić information content (AvgIpc) is 3.25. The van der Waals surface area contributed by atoms with Gasteiger partial charge in [0, 0.05) is 38.5 Å². The molecule has 0 radical (unpaired) electrons. The van der Waals surface area contributed by atoms with Crippen molar-refractivity contribution in [1.29, 1.82) is 0 Å². The lowest BCUT2D eigenvalue weighted by atomic mass is 10.1. The van der Waals surface area contributed by atoms with Crippen LogP contribution in [0.1, 0.15) is 27.5 Å². The van der Waals surface area contributed by atoms with Crippen molar-refractivity contribution in [2.75, 3.05) is 19.6 Å². The van der Waals surface area contributed by atoms with Crippen molar-refractivity contribution in [2.24, 2.45) is 5.92 Å². The zero-order chi connectivity index (χ0) is 16.8. The molecule has 128 valence electrons. The highest BCUT2D eigenvalue weighted by atomic mass is 32.1. The molecule has 8 heteroatoms. The summed E-state index contributed by atoms with van der Waals surface area (Å²) < 4.78 is 1.73. The first-order valence-electron chi connectivity index (χ1n) is 8.26. The molecule has 2 aliphatic rings. The van der Waals surface area contributed by atoms with Crippen LogP contribution in [-0.4, -0.2) is 46.3 Å². The molecule has 1 saturated heterocycles. The van der Waals surface area contributed by atoms with Crippen LogP contribution >= 0.6 is 11.3 Å². The molecule has 0 saturated carbocycles. The first-order chi connectivity index (χ1) is 11.6. The van der Waals surface area contributed by atoms with E-state index >= 15 is 0 Å². The highest BCUT2D eigenvalue weighted by molar-refractivity contribution is 7.20. The minimum absolute atomic E-state index is 0.0242. The molecule has 2 unspecified atom stereocenters. The summed E-state index contributed by atoms with van der Waals surface area (Å²) >= 11 is 1.28. The van der Waals surface area contributed by atoms with Crippen LogP contribution in [0.15, 0.2) is 4.79 Å². The molecule has 1 amide bonds. The summed E-state index contributed by atoms with van der Waals surface area (Å²) in [5.41, 5.74) is 0.674. The third kappa shape index (κ3) is 2.45. The summed E-state index contributed by atoms with van der Waals surface area (Å²) in [5.74, 6) is 0.649. The summed E-state index contributed by atoms with van der Waals surface area (Å²) in [6.07, 6.45) is 1.34. The number of aliphatic hydroxyl groups excluding tert-OH is 1. The summed E-state index contributed by atoms with van der Waals surface area (Å²) in [6, 6.07) is 0. The molecule has 0 aromatic carbocycles. The second-order valence-corrected chi connectivity index (χ2v) is 7.52. The second-order valence-electron chi connectivity index (χ2n) is 6.52. The van der Waals surface area contributed by atoms with Gasteiger partial charge < -0.3 is 15.7 Å². The summed E-state index contributed by atoms with van der Waals surface area (Å²) in [4.78, 5) is 30.9. The molecular weight excluding hydrogens is 328 g/mol. The Bertz CT molecular complexity index is 872. The molecule has 7 nitrogen and oxygen atoms in total. The Morgan fingerprint density at radius 1 is 1.50 bits per heavy atom. The third-order valence-corrected chi connectivity index (χ3v) is 6.13. The van der Waals surface area contributed by atoms with Gasteiger partial charge in [0.25, 0.3) is 11.5 Å². The van der Waals surface area contributed by atoms with Gasteiger partial charge in [-0.15, -0.1) is 11.3 Å². The summed E-state index contributed by atoms with van der Waals surface area (Å²) in [5, 5.41) is 16.4. The molecule has 24 heavy (non-hydrogen) atoms. The van der Waals surface area contributed by atoms with Gasteiger partial charge in [-0.05, 0) is 18.9 Å². The molecule has 0 spiro atoms. The van der Waals surface area contributed by atoms with E-state index in [9.17, 15) is 14.7 Å². The molecule has 0 bridgehead atoms. The van der Waals surface area contributed by atoms with Crippen molar-refractivity contribution < 1.29 is 9.90 Å². The summed E-state index contributed by atoms with van der Waals surface area (Å²) in [7, 11) is 0. The lowest BCUT2D eigenvalue weighted by Gasteiger charge is -2.13. The van der Waals surface area contributed by atoms with E-state index in [0.29, 0.717) is 46.8 Å². The van der Waals surface area contributed by atoms with Crippen molar-refractivity contribution in [3.8, 4) is 0 Å². The number of carbonyl (C=O) groups excluding carboxylic acids is 1. The fourth-order valence-corrected chi connectivity index (χ4v) is 4.63. The van der Waals surface area contributed by atoms with Crippen LogP contribution < -0.4 is 16.2 Å². The predicted molar refractivity (Wildman–Crippen MR) is 91.6 cm³/mol. The Labute approximate surface area is 142 Å². The Balaban J connectivity index is 1.62. The first-order valence-corrected chi connectivity index (χ1v) is 9.07. The van der Waals surface area contributed by atoms with Crippen LogP contribution in [0.3, 0.4) is 0 Å². The molecule has 2 atom stereocenters. The summed E-state index contributed by atoms with van der Waals surface area (Å²) in [6.45, 7) is 4.20. The topological polar surface area (TPSA) is 96.2 Å². The van der Waals surface area contributed by atoms with E-state index in [0.717, 1.165) is 18.7 Å². The van der Waals surface area contributed by atoms with E-state index in [1.54, 1.807) is 4.57 Å². The van der Waals surface area contributed by atoms with Gasteiger partial charge in [0.1, 0.15) is 10.7 Å². The highest BCUT2D eigenvalue weighted by Gasteiger charge is 2.27. The van der Waals surface area contributed by atoms with Gasteiger partial charge in [-0.2, -0.15) is 0 Å². The van der Waals surface area contributed by atoms with Gasteiger partial charge in [-0.1, -0.05) is 0 Å². The number of fused-ring (bicyclic) bond motifs is 2. The molecule has 4 heterocycles. The maximum absolute atomic E-state index is 12.6. The number of thiophene rings is 1. The fourth-order valence-electron chi connectivity index (χ4n) is 3.52. The van der Waals surface area contributed by atoms with Crippen molar-refractivity contribution in [2.45, 2.75) is 32.4 Å². The Morgan fingerprint density at radius 3 is 3.08 bits per heavy atom. The molecule has 4 rings (SSSR count). The number of nitrogens with one attached hydrogen (secondary N) is 2. The lowest BCUT2D eigenvalue weighted by Crippen LogP contribution is -2.34. The van der Waals surface area contributed by atoms with Crippen LogP contribution in [-0.2, 0) is 13.0 Å². The van der Waals surface area contributed by atoms with Crippen LogP contribution in [0.4, 0.5) is 0 Å². The lowest BCUT2D eigenvalue weighted by molar-refractivity contribution is 0.0930. The first kappa shape index (κ1) is 15.7. The molecule has 3 N–H and O–H groups in total. The van der Waals surface area contributed by atoms with E-state index in [1.165, 1.54) is 11.3 Å². The quantitative estimate of drug-likeness (QED) is 0.727. The van der Waals surface area contributed by atoms with Crippen LogP contribution in [0, 0.1) is 12.8 Å². The number of β-amino-alcohol motifs (C(OH)–C–C–N with tert-alkyl or cyclic N) is 1. The van der Waals surface area contributed by atoms with E-state index in [-0.39, 0.29) is 17.4 Å². The Kier molecular flexibility index (Phi) is 3.90. The normalized spacial score (nSPS) is 22.9. The molecule has 1 fully saturated rings. The van der Waals surface area contributed by atoms with Gasteiger partial charge in [0.2, 0.25) is 0 Å². The molecule has 2 aliphatic heterocycles. The number of rotatable bonds is 3. The van der Waals surface area contributed by atoms with Gasteiger partial charge in [-0.3, -0.25) is 14.2 Å². The molecule has 2 aromatic rings. The maximum atomic E-state index is 12.6. The minimum Gasteiger partial charge on any atom is -0.391 e. The smallest absolute Gasteiger partial charge is 0.262 e. The zero-order valence-corrected chi connectivity index (χ0v) is 14.3. The van der Waals surface area contributed by atoms with Crippen molar-refractivity contribution in [1.82, 2.24) is 20.2 Å². The van der Waals surface area contributed by atoms with E-state index in [1.807, 2.05) is 6.92 Å². The molecule has 2 aromatic heterocycles. The van der Waals surface area contributed by atoms with Crippen molar-refractivity contribution in [3.05, 3.63) is 26.6 Å². The van der Waals surface area contributed by atoms with Gasteiger partial charge in [0.15, 0.2) is 0 Å². The number of hydrogen-bond donors (Lipinski definition) is 3. The fraction of sp³-hybridized carbons (Fsp3) is 0.562. The average molecular weight is 348 g/mol. The number of hydrogen-bond acceptors (Lipinski definition) is 6. The largest absolute Gasteiger partial charge is 0.391 e. The molecule has 0 aliphatic carbocycles. The van der Waals surface area contributed by atoms with Crippen molar-refractivity contribution >= 4 is 27.5 Å². The predicted octanol–water partition coefficient (Wildman–Crippen LogP) is 0.0227. The number of amides is 1. The second kappa shape index (κ2) is 5.94. The van der Waals surface area contributed by atoms with Crippen LogP contribution in [0.2, 0.25) is 0 Å². The zero-order valence-electron chi connectivity index (χ0n) is 13.5. The Hall–Kier alpha value is -1.77.